The van der Waals surface area contributed by atoms with Crippen LogP contribution in [0.15, 0.2) is 18.2 Å². The van der Waals surface area contributed by atoms with Crippen LogP contribution in [0.5, 0.6) is 5.75 Å². The number of fused-ring (bicyclic) bond motifs is 3. The average Bonchev–Trinajstić information content (AvgIpc) is 2.92. The fourth-order valence-electron chi connectivity index (χ4n) is 3.08. The van der Waals surface area contributed by atoms with Crippen LogP contribution in [-0.4, -0.2) is 17.7 Å². The molecule has 1 atom stereocenters. The van der Waals surface area contributed by atoms with Crippen molar-refractivity contribution in [3.63, 3.8) is 0 Å². The van der Waals surface area contributed by atoms with Crippen LogP contribution in [0.1, 0.15) is 24.6 Å². The zero-order valence-electron chi connectivity index (χ0n) is 11.1. The minimum Gasteiger partial charge on any atom is -0.497 e. The minimum atomic E-state index is 0.201. The molecule has 2 aromatic rings. The van der Waals surface area contributed by atoms with E-state index in [2.05, 4.69) is 23.6 Å². The van der Waals surface area contributed by atoms with Gasteiger partial charge in [-0.15, -0.1) is 0 Å². The molecule has 1 aliphatic heterocycles. The molecule has 0 fully saturated rings. The Hall–Kier alpha value is -1.48. The number of benzene rings is 1. The Morgan fingerprint density at radius 2 is 2.28 bits per heavy atom. The summed E-state index contributed by atoms with van der Waals surface area (Å²) in [6.45, 7) is 3.21. The first-order valence-electron chi connectivity index (χ1n) is 6.64. The zero-order valence-corrected chi connectivity index (χ0v) is 11.1. The van der Waals surface area contributed by atoms with Crippen LogP contribution in [0.2, 0.25) is 0 Å². The van der Waals surface area contributed by atoms with Gasteiger partial charge in [0, 0.05) is 29.2 Å². The first-order valence-corrected chi connectivity index (χ1v) is 6.64. The smallest absolute Gasteiger partial charge is 0.119 e. The molecule has 96 valence electrons. The molecule has 0 amide bonds. The van der Waals surface area contributed by atoms with Crippen LogP contribution >= 0.6 is 0 Å². The van der Waals surface area contributed by atoms with Gasteiger partial charge < -0.3 is 15.0 Å². The highest BCUT2D eigenvalue weighted by Crippen LogP contribution is 2.34. The molecule has 1 aliphatic rings. The summed E-state index contributed by atoms with van der Waals surface area (Å²) in [5.41, 5.74) is 10.2. The van der Waals surface area contributed by atoms with Gasteiger partial charge in [0.15, 0.2) is 0 Å². The van der Waals surface area contributed by atoms with Crippen LogP contribution in [-0.2, 0) is 19.4 Å². The summed E-state index contributed by atoms with van der Waals surface area (Å²) in [4.78, 5) is 0. The van der Waals surface area contributed by atoms with Crippen LogP contribution in [0.3, 0.4) is 0 Å². The molecule has 0 aliphatic carbocycles. The molecular formula is C15H20N2O. The highest BCUT2D eigenvalue weighted by molar-refractivity contribution is 5.87. The Balaban J connectivity index is 2.23. The number of nitrogens with zero attached hydrogens (tertiary/aromatic N) is 1. The average molecular weight is 244 g/mol. The zero-order chi connectivity index (χ0) is 12.7. The second kappa shape index (κ2) is 4.32. The van der Waals surface area contributed by atoms with E-state index in [4.69, 9.17) is 10.5 Å². The van der Waals surface area contributed by atoms with Crippen molar-refractivity contribution in [2.24, 2.45) is 5.73 Å². The Morgan fingerprint density at radius 1 is 1.44 bits per heavy atom. The van der Waals surface area contributed by atoms with Gasteiger partial charge in [0.25, 0.3) is 0 Å². The number of methoxy groups -OCH3 is 1. The molecule has 3 rings (SSSR count). The van der Waals surface area contributed by atoms with Crippen LogP contribution in [0, 0.1) is 0 Å². The first kappa shape index (κ1) is 11.6. The molecule has 0 saturated heterocycles. The van der Waals surface area contributed by atoms with Gasteiger partial charge >= 0.3 is 0 Å². The van der Waals surface area contributed by atoms with Crippen molar-refractivity contribution in [2.75, 3.05) is 7.11 Å². The lowest BCUT2D eigenvalue weighted by Gasteiger charge is -2.07. The summed E-state index contributed by atoms with van der Waals surface area (Å²) in [5.74, 6) is 0.928. The van der Waals surface area contributed by atoms with E-state index in [9.17, 15) is 0 Å². The van der Waals surface area contributed by atoms with Crippen molar-refractivity contribution >= 4 is 10.9 Å². The maximum atomic E-state index is 6.00. The SMILES string of the molecule is COc1ccc2c(c1)c(CC(C)N)c1n2CCC1. The topological polar surface area (TPSA) is 40.2 Å². The standard InChI is InChI=1S/C15H20N2O/c1-10(16)8-12-13-9-11(18-2)5-6-15(13)17-7-3-4-14(12)17/h5-6,9-10H,3-4,7-8,16H2,1-2H3. The third-order valence-corrected chi connectivity index (χ3v) is 3.82. The van der Waals surface area contributed by atoms with E-state index < -0.39 is 0 Å². The highest BCUT2D eigenvalue weighted by Gasteiger charge is 2.21. The first-order chi connectivity index (χ1) is 8.70. The highest BCUT2D eigenvalue weighted by atomic mass is 16.5. The number of aromatic nitrogens is 1. The summed E-state index contributed by atoms with van der Waals surface area (Å²) < 4.78 is 7.79. The predicted molar refractivity (Wildman–Crippen MR) is 74.2 cm³/mol. The molecule has 1 unspecified atom stereocenters. The van der Waals surface area contributed by atoms with Crippen molar-refractivity contribution in [3.8, 4) is 5.75 Å². The Morgan fingerprint density at radius 3 is 3.00 bits per heavy atom. The Kier molecular flexibility index (Phi) is 2.78. The van der Waals surface area contributed by atoms with Crippen molar-refractivity contribution in [1.82, 2.24) is 4.57 Å². The summed E-state index contributed by atoms with van der Waals surface area (Å²) in [5, 5.41) is 1.32. The summed E-state index contributed by atoms with van der Waals surface area (Å²) >= 11 is 0. The molecule has 18 heavy (non-hydrogen) atoms. The number of hydrogen-bond acceptors (Lipinski definition) is 2. The third kappa shape index (κ3) is 1.70. The van der Waals surface area contributed by atoms with Gasteiger partial charge in [-0.3, -0.25) is 0 Å². The number of ether oxygens (including phenoxy) is 1. The molecule has 0 saturated carbocycles. The summed E-state index contributed by atoms with van der Waals surface area (Å²) in [6, 6.07) is 6.57. The Labute approximate surface area is 108 Å². The van der Waals surface area contributed by atoms with Crippen molar-refractivity contribution < 1.29 is 4.74 Å². The molecule has 3 nitrogen and oxygen atoms in total. The molecule has 2 heterocycles. The van der Waals surface area contributed by atoms with Crippen molar-refractivity contribution in [2.45, 2.75) is 38.8 Å². The normalized spacial score (nSPS) is 15.9. The molecule has 0 bridgehead atoms. The fourth-order valence-corrected chi connectivity index (χ4v) is 3.08. The third-order valence-electron chi connectivity index (χ3n) is 3.82. The Bertz CT molecular complexity index is 584. The van der Waals surface area contributed by atoms with Crippen LogP contribution in [0.4, 0.5) is 0 Å². The van der Waals surface area contributed by atoms with Crippen LogP contribution < -0.4 is 10.5 Å². The van der Waals surface area contributed by atoms with E-state index >= 15 is 0 Å². The molecule has 1 aromatic heterocycles. The van der Waals surface area contributed by atoms with Gasteiger partial charge in [0.1, 0.15) is 5.75 Å². The maximum Gasteiger partial charge on any atom is 0.119 e. The number of aryl methyl sites for hydroxylation is 1. The number of hydrogen-bond donors (Lipinski definition) is 1. The van der Waals surface area contributed by atoms with Crippen LogP contribution in [0.25, 0.3) is 10.9 Å². The van der Waals surface area contributed by atoms with Gasteiger partial charge in [-0.05, 0) is 49.9 Å². The number of rotatable bonds is 3. The van der Waals surface area contributed by atoms with E-state index in [0.29, 0.717) is 0 Å². The van der Waals surface area contributed by atoms with Crippen molar-refractivity contribution in [3.05, 3.63) is 29.5 Å². The number of nitrogens with two attached hydrogens (primary N) is 1. The lowest BCUT2D eigenvalue weighted by Crippen LogP contribution is -2.18. The molecule has 1 aromatic carbocycles. The molecule has 3 heteroatoms. The maximum absolute atomic E-state index is 6.00. The second-order valence-electron chi connectivity index (χ2n) is 5.24. The lowest BCUT2D eigenvalue weighted by atomic mass is 10.0. The molecule has 0 radical (unpaired) electrons. The van der Waals surface area contributed by atoms with Gasteiger partial charge in [-0.2, -0.15) is 0 Å². The van der Waals surface area contributed by atoms with Gasteiger partial charge in [0.2, 0.25) is 0 Å². The van der Waals surface area contributed by atoms with Gasteiger partial charge in [0.05, 0.1) is 7.11 Å². The van der Waals surface area contributed by atoms with E-state index in [0.717, 1.165) is 18.7 Å². The summed E-state index contributed by atoms with van der Waals surface area (Å²) in [6.07, 6.45) is 3.38. The van der Waals surface area contributed by atoms with E-state index in [1.54, 1.807) is 7.11 Å². The lowest BCUT2D eigenvalue weighted by molar-refractivity contribution is 0.415. The minimum absolute atomic E-state index is 0.201. The second-order valence-corrected chi connectivity index (χ2v) is 5.24. The van der Waals surface area contributed by atoms with E-state index in [1.165, 1.54) is 35.0 Å². The monoisotopic (exact) mass is 244 g/mol. The predicted octanol–water partition coefficient (Wildman–Crippen LogP) is 2.49. The van der Waals surface area contributed by atoms with Gasteiger partial charge in [-0.1, -0.05) is 0 Å². The fraction of sp³-hybridized carbons (Fsp3) is 0.467. The van der Waals surface area contributed by atoms with Gasteiger partial charge in [-0.25, -0.2) is 0 Å². The summed E-state index contributed by atoms with van der Waals surface area (Å²) in [7, 11) is 1.72. The molecule has 2 N–H and O–H groups in total. The van der Waals surface area contributed by atoms with Crippen molar-refractivity contribution in [1.29, 1.82) is 0 Å². The quantitative estimate of drug-likeness (QED) is 0.901. The molecular weight excluding hydrogens is 224 g/mol. The van der Waals surface area contributed by atoms with E-state index in [1.807, 2.05) is 6.07 Å². The van der Waals surface area contributed by atoms with E-state index in [-0.39, 0.29) is 6.04 Å². The largest absolute Gasteiger partial charge is 0.497 e. The molecule has 0 spiro atoms.